The number of halogens is 2. The van der Waals surface area contributed by atoms with E-state index < -0.39 is 21.8 Å². The summed E-state index contributed by atoms with van der Waals surface area (Å²) in [6.45, 7) is 0. The van der Waals surface area contributed by atoms with Crippen LogP contribution in [0.15, 0.2) is 0 Å². The number of alkyl halides is 2. The zero-order valence-electron chi connectivity index (χ0n) is 7.62. The molecule has 1 aliphatic rings. The van der Waals surface area contributed by atoms with Gasteiger partial charge in [-0.3, -0.25) is 0 Å². The Bertz CT molecular complexity index is 281. The van der Waals surface area contributed by atoms with Gasteiger partial charge in [-0.1, -0.05) is 12.8 Å². The van der Waals surface area contributed by atoms with Gasteiger partial charge >= 0.3 is 5.76 Å². The first kappa shape index (κ1) is 11.8. The fourth-order valence-corrected chi connectivity index (χ4v) is 2.39. The molecule has 0 aliphatic heterocycles. The molecule has 0 aromatic carbocycles. The molecule has 0 saturated heterocycles. The molecule has 0 heterocycles. The van der Waals surface area contributed by atoms with Gasteiger partial charge in [0, 0.05) is 12.1 Å². The Morgan fingerprint density at radius 3 is 2.36 bits per heavy atom. The molecular formula is C7H14F2N2O2S. The Morgan fingerprint density at radius 2 is 1.86 bits per heavy atom. The van der Waals surface area contributed by atoms with Gasteiger partial charge < -0.3 is 5.73 Å². The Kier molecular flexibility index (Phi) is 3.79. The highest BCUT2D eigenvalue weighted by Gasteiger charge is 2.31. The second-order valence-electron chi connectivity index (χ2n) is 3.48. The molecule has 2 unspecified atom stereocenters. The molecule has 0 aromatic rings. The van der Waals surface area contributed by atoms with E-state index in [2.05, 4.69) is 0 Å². The molecule has 3 N–H and O–H groups in total. The maximum absolute atomic E-state index is 12.0. The van der Waals surface area contributed by atoms with Gasteiger partial charge in [-0.25, -0.2) is 13.1 Å². The Labute approximate surface area is 81.9 Å². The number of sulfonamides is 1. The van der Waals surface area contributed by atoms with Crippen LogP contribution in [0.2, 0.25) is 0 Å². The molecule has 1 aliphatic carbocycles. The third kappa shape index (κ3) is 2.86. The van der Waals surface area contributed by atoms with E-state index in [0.29, 0.717) is 12.8 Å². The molecule has 84 valence electrons. The van der Waals surface area contributed by atoms with Crippen molar-refractivity contribution in [2.75, 3.05) is 0 Å². The highest BCUT2D eigenvalue weighted by atomic mass is 32.2. The summed E-state index contributed by atoms with van der Waals surface area (Å²) in [6.07, 6.45) is 2.96. The molecule has 7 heteroatoms. The quantitative estimate of drug-likeness (QED) is 0.734. The van der Waals surface area contributed by atoms with Crippen molar-refractivity contribution in [3.05, 3.63) is 0 Å². The molecule has 4 nitrogen and oxygen atoms in total. The first-order valence-corrected chi connectivity index (χ1v) is 6.03. The molecule has 0 amide bonds. The van der Waals surface area contributed by atoms with Crippen molar-refractivity contribution in [1.82, 2.24) is 4.72 Å². The molecule has 2 atom stereocenters. The van der Waals surface area contributed by atoms with Crippen LogP contribution in [0.3, 0.4) is 0 Å². The van der Waals surface area contributed by atoms with Crippen LogP contribution < -0.4 is 10.5 Å². The van der Waals surface area contributed by atoms with Crippen molar-refractivity contribution in [3.8, 4) is 0 Å². The van der Waals surface area contributed by atoms with Crippen LogP contribution in [0.4, 0.5) is 8.78 Å². The molecule has 0 aromatic heterocycles. The van der Waals surface area contributed by atoms with Crippen LogP contribution >= 0.6 is 0 Å². The lowest BCUT2D eigenvalue weighted by atomic mass is 9.92. The van der Waals surface area contributed by atoms with Gasteiger partial charge in [0.15, 0.2) is 0 Å². The molecule has 1 rings (SSSR count). The van der Waals surface area contributed by atoms with E-state index in [-0.39, 0.29) is 6.04 Å². The number of hydrogen-bond donors (Lipinski definition) is 2. The zero-order valence-corrected chi connectivity index (χ0v) is 8.43. The maximum Gasteiger partial charge on any atom is 0.350 e. The first-order chi connectivity index (χ1) is 6.43. The normalized spacial score (nSPS) is 29.4. The largest absolute Gasteiger partial charge is 0.350 e. The van der Waals surface area contributed by atoms with Gasteiger partial charge in [-0.2, -0.15) is 8.78 Å². The highest BCUT2D eigenvalue weighted by Crippen LogP contribution is 2.18. The third-order valence-corrected chi connectivity index (χ3v) is 3.47. The topological polar surface area (TPSA) is 72.2 Å². The number of rotatable bonds is 3. The summed E-state index contributed by atoms with van der Waals surface area (Å²) in [6, 6.07) is -0.889. The molecule has 0 spiro atoms. The minimum atomic E-state index is -4.49. The van der Waals surface area contributed by atoms with Crippen LogP contribution in [0.5, 0.6) is 0 Å². The van der Waals surface area contributed by atoms with Gasteiger partial charge in [0.25, 0.3) is 10.0 Å². The predicted molar refractivity (Wildman–Crippen MR) is 48.3 cm³/mol. The van der Waals surface area contributed by atoms with E-state index in [4.69, 9.17) is 5.73 Å². The SMILES string of the molecule is NC1CCCCC1NS(=O)(=O)C(F)F. The van der Waals surface area contributed by atoms with Crippen molar-refractivity contribution in [2.24, 2.45) is 5.73 Å². The standard InChI is InChI=1S/C7H14F2N2O2S/c8-7(9)14(12,13)11-6-4-2-1-3-5(6)10/h5-7,11H,1-4,10H2. The molecule has 0 bridgehead atoms. The van der Waals surface area contributed by atoms with E-state index >= 15 is 0 Å². The third-order valence-electron chi connectivity index (χ3n) is 2.37. The maximum atomic E-state index is 12.0. The van der Waals surface area contributed by atoms with Gasteiger partial charge in [-0.05, 0) is 12.8 Å². The Morgan fingerprint density at radius 1 is 1.29 bits per heavy atom. The molecule has 14 heavy (non-hydrogen) atoms. The van der Waals surface area contributed by atoms with Gasteiger partial charge in [0.2, 0.25) is 0 Å². The van der Waals surface area contributed by atoms with Gasteiger partial charge in [0.1, 0.15) is 0 Å². The second kappa shape index (κ2) is 4.50. The lowest BCUT2D eigenvalue weighted by molar-refractivity contribution is 0.229. The van der Waals surface area contributed by atoms with Crippen LogP contribution in [-0.2, 0) is 10.0 Å². The minimum Gasteiger partial charge on any atom is -0.326 e. The van der Waals surface area contributed by atoms with Crippen molar-refractivity contribution in [2.45, 2.75) is 43.5 Å². The average Bonchev–Trinajstić information content (AvgIpc) is 2.08. The summed E-state index contributed by atoms with van der Waals surface area (Å²) in [5, 5.41) is 0. The van der Waals surface area contributed by atoms with Crippen molar-refractivity contribution in [3.63, 3.8) is 0 Å². The van der Waals surface area contributed by atoms with Gasteiger partial charge in [0.05, 0.1) is 0 Å². The second-order valence-corrected chi connectivity index (χ2v) is 5.16. The van der Waals surface area contributed by atoms with Crippen LogP contribution in [0.25, 0.3) is 0 Å². The number of hydrogen-bond acceptors (Lipinski definition) is 3. The summed E-state index contributed by atoms with van der Waals surface area (Å²) < 4.78 is 47.6. The van der Waals surface area contributed by atoms with E-state index in [1.165, 1.54) is 0 Å². The summed E-state index contributed by atoms with van der Waals surface area (Å²) in [5.41, 5.74) is 5.61. The summed E-state index contributed by atoms with van der Waals surface area (Å²) in [7, 11) is -4.49. The lowest BCUT2D eigenvalue weighted by Crippen LogP contribution is -2.50. The highest BCUT2D eigenvalue weighted by molar-refractivity contribution is 7.89. The predicted octanol–water partition coefficient (Wildman–Crippen LogP) is 0.398. The van der Waals surface area contributed by atoms with Gasteiger partial charge in [-0.15, -0.1) is 0 Å². The van der Waals surface area contributed by atoms with E-state index in [1.54, 1.807) is 0 Å². The van der Waals surface area contributed by atoms with Crippen molar-refractivity contribution in [1.29, 1.82) is 0 Å². The monoisotopic (exact) mass is 228 g/mol. The fourth-order valence-electron chi connectivity index (χ4n) is 1.57. The molecule has 0 radical (unpaired) electrons. The van der Waals surface area contributed by atoms with E-state index in [1.807, 2.05) is 4.72 Å². The lowest BCUT2D eigenvalue weighted by Gasteiger charge is -2.28. The summed E-state index contributed by atoms with van der Waals surface area (Å²) >= 11 is 0. The summed E-state index contributed by atoms with van der Waals surface area (Å²) in [5.74, 6) is -3.38. The fraction of sp³-hybridized carbons (Fsp3) is 1.00. The zero-order chi connectivity index (χ0) is 10.8. The van der Waals surface area contributed by atoms with Crippen molar-refractivity contribution >= 4 is 10.0 Å². The first-order valence-electron chi connectivity index (χ1n) is 4.48. The number of nitrogens with one attached hydrogen (secondary N) is 1. The Balaban J connectivity index is 2.58. The van der Waals surface area contributed by atoms with Crippen molar-refractivity contribution < 1.29 is 17.2 Å². The minimum absolute atomic E-state index is 0.350. The summed E-state index contributed by atoms with van der Waals surface area (Å²) in [4.78, 5) is 0. The molecular weight excluding hydrogens is 214 g/mol. The van der Waals surface area contributed by atoms with Crippen LogP contribution in [0, 0.1) is 0 Å². The van der Waals surface area contributed by atoms with Crippen LogP contribution in [-0.4, -0.2) is 26.3 Å². The average molecular weight is 228 g/mol. The number of nitrogens with two attached hydrogens (primary N) is 1. The molecule has 1 fully saturated rings. The Hall–Kier alpha value is -0.270. The smallest absolute Gasteiger partial charge is 0.326 e. The van der Waals surface area contributed by atoms with E-state index in [0.717, 1.165) is 12.8 Å². The molecule has 1 saturated carbocycles. The van der Waals surface area contributed by atoms with Crippen LogP contribution in [0.1, 0.15) is 25.7 Å². The van der Waals surface area contributed by atoms with E-state index in [9.17, 15) is 17.2 Å².